The van der Waals surface area contributed by atoms with Crippen LogP contribution in [0.5, 0.6) is 5.75 Å². The van der Waals surface area contributed by atoms with Gasteiger partial charge in [0, 0.05) is 13.1 Å². The van der Waals surface area contributed by atoms with Gasteiger partial charge in [-0.2, -0.15) is 0 Å². The molecule has 0 aromatic heterocycles. The molecule has 0 spiro atoms. The van der Waals surface area contributed by atoms with Crippen LogP contribution < -0.4 is 4.74 Å². The molecule has 0 bridgehead atoms. The van der Waals surface area contributed by atoms with E-state index in [4.69, 9.17) is 4.74 Å². The molecule has 1 heterocycles. The summed E-state index contributed by atoms with van der Waals surface area (Å²) in [5.74, 6) is 1.94. The number of ether oxygens (including phenoxy) is 1. The first-order valence-corrected chi connectivity index (χ1v) is 8.44. The maximum absolute atomic E-state index is 12.6. The van der Waals surface area contributed by atoms with Crippen molar-refractivity contribution in [3.63, 3.8) is 0 Å². The fourth-order valence-corrected chi connectivity index (χ4v) is 3.11. The molecule has 0 unspecified atom stereocenters. The topological polar surface area (TPSA) is 29.5 Å². The summed E-state index contributed by atoms with van der Waals surface area (Å²) in [6, 6.07) is 6.24. The third kappa shape index (κ3) is 4.02. The van der Waals surface area contributed by atoms with E-state index in [0.29, 0.717) is 11.8 Å². The Bertz CT molecular complexity index is 524. The number of hydrogen-bond donors (Lipinski definition) is 0. The lowest BCUT2D eigenvalue weighted by atomic mass is 9.99. The molecule has 2 rings (SSSR count). The smallest absolute Gasteiger partial charge is 0.263 e. The Kier molecular flexibility index (Phi) is 5.49. The molecule has 1 amide bonds. The van der Waals surface area contributed by atoms with Crippen molar-refractivity contribution in [1.82, 2.24) is 4.90 Å². The Balaban J connectivity index is 2.09. The van der Waals surface area contributed by atoms with Crippen LogP contribution in [0.4, 0.5) is 0 Å². The van der Waals surface area contributed by atoms with Crippen molar-refractivity contribution < 1.29 is 9.53 Å². The molecular formula is C19H29NO2. The molecule has 3 heteroatoms. The normalized spacial score (nSPS) is 20.1. The van der Waals surface area contributed by atoms with Gasteiger partial charge in [0.15, 0.2) is 6.10 Å². The van der Waals surface area contributed by atoms with Gasteiger partial charge in [0.2, 0.25) is 0 Å². The first-order chi connectivity index (χ1) is 10.4. The number of likely N-dealkylation sites (tertiary alicyclic amines) is 1. The number of rotatable bonds is 4. The Morgan fingerprint density at radius 3 is 2.68 bits per heavy atom. The summed E-state index contributed by atoms with van der Waals surface area (Å²) >= 11 is 0. The summed E-state index contributed by atoms with van der Waals surface area (Å²) in [7, 11) is 0. The summed E-state index contributed by atoms with van der Waals surface area (Å²) in [4.78, 5) is 14.6. The average molecular weight is 303 g/mol. The van der Waals surface area contributed by atoms with Gasteiger partial charge in [-0.25, -0.2) is 0 Å². The van der Waals surface area contributed by atoms with Crippen LogP contribution in [-0.4, -0.2) is 30.0 Å². The number of piperidine rings is 1. The number of benzene rings is 1. The van der Waals surface area contributed by atoms with E-state index < -0.39 is 6.10 Å². The lowest BCUT2D eigenvalue weighted by Gasteiger charge is -2.33. The minimum Gasteiger partial charge on any atom is -0.481 e. The van der Waals surface area contributed by atoms with Crippen molar-refractivity contribution >= 4 is 5.91 Å². The zero-order chi connectivity index (χ0) is 16.3. The lowest BCUT2D eigenvalue weighted by molar-refractivity contribution is -0.139. The second-order valence-electron chi connectivity index (χ2n) is 6.99. The SMILES string of the molecule is Cc1ccc(C(C)C)c(O[C@@H](C)C(=O)N2CCC[C@H](C)C2)c1. The highest BCUT2D eigenvalue weighted by Crippen LogP contribution is 2.28. The van der Waals surface area contributed by atoms with E-state index >= 15 is 0 Å². The predicted molar refractivity (Wildman–Crippen MR) is 90.3 cm³/mol. The van der Waals surface area contributed by atoms with Crippen LogP contribution in [0.1, 0.15) is 57.6 Å². The van der Waals surface area contributed by atoms with Crippen molar-refractivity contribution in [2.45, 2.75) is 59.5 Å². The molecule has 122 valence electrons. The van der Waals surface area contributed by atoms with Crippen molar-refractivity contribution in [2.24, 2.45) is 5.92 Å². The first kappa shape index (κ1) is 16.9. The van der Waals surface area contributed by atoms with Crippen LogP contribution in [0.2, 0.25) is 0 Å². The van der Waals surface area contributed by atoms with Gasteiger partial charge in [-0.15, -0.1) is 0 Å². The van der Waals surface area contributed by atoms with Gasteiger partial charge in [-0.3, -0.25) is 4.79 Å². The van der Waals surface area contributed by atoms with Gasteiger partial charge >= 0.3 is 0 Å². The van der Waals surface area contributed by atoms with E-state index in [-0.39, 0.29) is 5.91 Å². The number of carbonyl (C=O) groups is 1. The first-order valence-electron chi connectivity index (χ1n) is 8.44. The van der Waals surface area contributed by atoms with Crippen molar-refractivity contribution in [3.8, 4) is 5.75 Å². The van der Waals surface area contributed by atoms with Gasteiger partial charge in [-0.05, 0) is 55.7 Å². The van der Waals surface area contributed by atoms with Crippen LogP contribution in [-0.2, 0) is 4.79 Å². The summed E-state index contributed by atoms with van der Waals surface area (Å²) in [5.41, 5.74) is 2.32. The molecule has 1 fully saturated rings. The summed E-state index contributed by atoms with van der Waals surface area (Å²) in [5, 5.41) is 0. The van der Waals surface area contributed by atoms with E-state index in [0.717, 1.165) is 36.4 Å². The third-order valence-corrected chi connectivity index (χ3v) is 4.41. The van der Waals surface area contributed by atoms with Crippen molar-refractivity contribution in [3.05, 3.63) is 29.3 Å². The van der Waals surface area contributed by atoms with E-state index in [1.807, 2.05) is 17.9 Å². The molecule has 3 nitrogen and oxygen atoms in total. The fraction of sp³-hybridized carbons (Fsp3) is 0.632. The molecule has 1 aromatic carbocycles. The maximum atomic E-state index is 12.6. The molecule has 2 atom stereocenters. The number of nitrogens with zero attached hydrogens (tertiary/aromatic N) is 1. The number of hydrogen-bond acceptors (Lipinski definition) is 2. The highest BCUT2D eigenvalue weighted by atomic mass is 16.5. The van der Waals surface area contributed by atoms with Crippen LogP contribution >= 0.6 is 0 Å². The van der Waals surface area contributed by atoms with Gasteiger partial charge in [-0.1, -0.05) is 32.9 Å². The van der Waals surface area contributed by atoms with Gasteiger partial charge in [0.05, 0.1) is 0 Å². The number of aryl methyl sites for hydroxylation is 1. The number of amides is 1. The standard InChI is InChI=1S/C19H29NO2/c1-13(2)17-9-8-14(3)11-18(17)22-16(5)19(21)20-10-6-7-15(4)12-20/h8-9,11,13,15-16H,6-7,10,12H2,1-5H3/t15-,16-/m0/s1. The van der Waals surface area contributed by atoms with Gasteiger partial charge in [0.25, 0.3) is 5.91 Å². The molecule has 0 radical (unpaired) electrons. The van der Waals surface area contributed by atoms with Gasteiger partial charge in [0.1, 0.15) is 5.75 Å². The summed E-state index contributed by atoms with van der Waals surface area (Å²) in [6.07, 6.45) is 1.89. The molecule has 1 saturated heterocycles. The second-order valence-corrected chi connectivity index (χ2v) is 6.99. The molecule has 0 N–H and O–H groups in total. The average Bonchev–Trinajstić information content (AvgIpc) is 2.46. The highest BCUT2D eigenvalue weighted by Gasteiger charge is 2.26. The Labute approximate surface area is 134 Å². The molecule has 1 aromatic rings. The van der Waals surface area contributed by atoms with Crippen LogP contribution in [0.15, 0.2) is 18.2 Å². The van der Waals surface area contributed by atoms with Crippen molar-refractivity contribution in [2.75, 3.05) is 13.1 Å². The molecule has 0 aliphatic carbocycles. The lowest BCUT2D eigenvalue weighted by Crippen LogP contribution is -2.45. The van der Waals surface area contributed by atoms with Crippen molar-refractivity contribution in [1.29, 1.82) is 0 Å². The Hall–Kier alpha value is -1.51. The van der Waals surface area contributed by atoms with E-state index in [9.17, 15) is 4.79 Å². The van der Waals surface area contributed by atoms with Crippen LogP contribution in [0.25, 0.3) is 0 Å². The highest BCUT2D eigenvalue weighted by molar-refractivity contribution is 5.81. The van der Waals surface area contributed by atoms with E-state index in [1.165, 1.54) is 6.42 Å². The van der Waals surface area contributed by atoms with E-state index in [1.54, 1.807) is 0 Å². The largest absolute Gasteiger partial charge is 0.481 e. The minimum absolute atomic E-state index is 0.114. The third-order valence-electron chi connectivity index (χ3n) is 4.41. The Morgan fingerprint density at radius 1 is 1.32 bits per heavy atom. The summed E-state index contributed by atoms with van der Waals surface area (Å²) in [6.45, 7) is 12.2. The minimum atomic E-state index is -0.426. The monoisotopic (exact) mass is 303 g/mol. The van der Waals surface area contributed by atoms with Crippen LogP contribution in [0.3, 0.4) is 0 Å². The molecule has 22 heavy (non-hydrogen) atoms. The zero-order valence-electron chi connectivity index (χ0n) is 14.6. The fourth-order valence-electron chi connectivity index (χ4n) is 3.11. The molecule has 1 aliphatic heterocycles. The molecule has 1 aliphatic rings. The number of carbonyl (C=O) groups excluding carboxylic acids is 1. The summed E-state index contributed by atoms with van der Waals surface area (Å²) < 4.78 is 6.05. The quantitative estimate of drug-likeness (QED) is 0.836. The predicted octanol–water partition coefficient (Wildman–Crippen LogP) is 4.14. The van der Waals surface area contributed by atoms with E-state index in [2.05, 4.69) is 39.8 Å². The van der Waals surface area contributed by atoms with Crippen LogP contribution in [0, 0.1) is 12.8 Å². The molecule has 0 saturated carbocycles. The maximum Gasteiger partial charge on any atom is 0.263 e. The zero-order valence-corrected chi connectivity index (χ0v) is 14.6. The van der Waals surface area contributed by atoms with Gasteiger partial charge < -0.3 is 9.64 Å². The molecular weight excluding hydrogens is 274 g/mol. The second kappa shape index (κ2) is 7.17. The Morgan fingerprint density at radius 2 is 2.05 bits per heavy atom.